The summed E-state index contributed by atoms with van der Waals surface area (Å²) >= 11 is 3.47. The summed E-state index contributed by atoms with van der Waals surface area (Å²) in [6.45, 7) is 4.45. The number of rotatable bonds is 6. The van der Waals surface area contributed by atoms with Gasteiger partial charge in [0.1, 0.15) is 18.2 Å². The molecule has 9 nitrogen and oxygen atoms in total. The highest BCUT2D eigenvalue weighted by Crippen LogP contribution is 2.35. The first-order chi connectivity index (χ1) is 17.4. The first-order valence-corrected chi connectivity index (χ1v) is 12.7. The van der Waals surface area contributed by atoms with E-state index in [4.69, 9.17) is 14.7 Å². The number of ether oxygens (including phenoxy) is 1. The minimum Gasteiger partial charge on any atom is -0.452 e. The van der Waals surface area contributed by atoms with Gasteiger partial charge in [-0.1, -0.05) is 35.8 Å². The Morgan fingerprint density at radius 2 is 2.00 bits per heavy atom. The number of fused-ring (bicyclic) bond motifs is 2. The van der Waals surface area contributed by atoms with Gasteiger partial charge in [-0.05, 0) is 49.1 Å². The summed E-state index contributed by atoms with van der Waals surface area (Å²) in [6.07, 6.45) is 3.70. The maximum Gasteiger partial charge on any atom is 0.424 e. The zero-order chi connectivity index (χ0) is 25.4. The molecule has 1 aliphatic rings. The number of nitrogens with one attached hydrogen (secondary N) is 1. The molecule has 4 aromatic rings. The molecule has 0 saturated carbocycles. The van der Waals surface area contributed by atoms with Crippen LogP contribution in [0.3, 0.4) is 0 Å². The van der Waals surface area contributed by atoms with Crippen molar-refractivity contribution < 1.29 is 14.3 Å². The number of benzene rings is 2. The van der Waals surface area contributed by atoms with Crippen LogP contribution in [0.5, 0.6) is 0 Å². The van der Waals surface area contributed by atoms with Gasteiger partial charge in [0.05, 0.1) is 47.1 Å². The third kappa shape index (κ3) is 4.46. The van der Waals surface area contributed by atoms with E-state index in [1.54, 1.807) is 6.20 Å². The molecule has 3 heterocycles. The molecule has 0 radical (unpaired) electrons. The fourth-order valence-electron chi connectivity index (χ4n) is 4.75. The van der Waals surface area contributed by atoms with Gasteiger partial charge in [-0.15, -0.1) is 0 Å². The van der Waals surface area contributed by atoms with Crippen molar-refractivity contribution in [2.75, 3.05) is 13.7 Å². The highest BCUT2D eigenvalue weighted by molar-refractivity contribution is 9.10. The lowest BCUT2D eigenvalue weighted by molar-refractivity contribution is -0.124. The molecule has 0 spiro atoms. The van der Waals surface area contributed by atoms with Gasteiger partial charge in [0.2, 0.25) is 0 Å². The van der Waals surface area contributed by atoms with E-state index < -0.39 is 12.1 Å². The van der Waals surface area contributed by atoms with Crippen LogP contribution in [-0.4, -0.2) is 62.0 Å². The summed E-state index contributed by atoms with van der Waals surface area (Å²) in [7, 11) is 1.33. The molecule has 0 aliphatic carbocycles. The van der Waals surface area contributed by atoms with Crippen LogP contribution in [0, 0.1) is 5.92 Å². The Morgan fingerprint density at radius 3 is 2.75 bits per heavy atom. The summed E-state index contributed by atoms with van der Waals surface area (Å²) in [5.74, 6) is 0.682. The molecular formula is C26H27BrN6O3. The second kappa shape index (κ2) is 9.94. The molecule has 2 aromatic heterocycles. The first kappa shape index (κ1) is 24.3. The number of hydrogen-bond donors (Lipinski definition) is 1. The predicted octanol–water partition coefficient (Wildman–Crippen LogP) is 5.28. The molecule has 1 aliphatic heterocycles. The van der Waals surface area contributed by atoms with E-state index in [1.165, 1.54) is 12.1 Å². The molecule has 1 amide bonds. The van der Waals surface area contributed by atoms with E-state index >= 15 is 0 Å². The van der Waals surface area contributed by atoms with Crippen LogP contribution in [0.15, 0.2) is 47.1 Å². The van der Waals surface area contributed by atoms with E-state index in [9.17, 15) is 9.59 Å². The summed E-state index contributed by atoms with van der Waals surface area (Å²) in [5, 5.41) is 3.37. The average molecular weight is 551 g/mol. The van der Waals surface area contributed by atoms with Crippen molar-refractivity contribution in [1.82, 2.24) is 30.0 Å². The maximum absolute atomic E-state index is 12.7. The Kier molecular flexibility index (Phi) is 6.72. The van der Waals surface area contributed by atoms with Gasteiger partial charge in [-0.3, -0.25) is 4.98 Å². The van der Waals surface area contributed by atoms with Crippen molar-refractivity contribution in [3.63, 3.8) is 0 Å². The molecule has 1 saturated heterocycles. The monoisotopic (exact) mass is 550 g/mol. The number of aromatic amines is 1. The molecule has 1 fully saturated rings. The van der Waals surface area contributed by atoms with Gasteiger partial charge in [-0.2, -0.15) is 0 Å². The van der Waals surface area contributed by atoms with Gasteiger partial charge in [0.25, 0.3) is 0 Å². The standard InChI is InChI=1S/C26H27BrN6O3/c1-15(2)24(14-34)33(26(35)36-3)32-10-4-5-23(32)25-30-19-8-6-16(11-21(19)31-25)22-13-28-20-12-17(27)7-9-18(20)29-22/h6-9,11-15,23-24H,4-5,10H2,1-3H3,(H,30,31)/t23-,24+/m0/s1. The topological polar surface area (TPSA) is 104 Å². The zero-order valence-electron chi connectivity index (χ0n) is 20.3. The molecule has 186 valence electrons. The van der Waals surface area contributed by atoms with Crippen molar-refractivity contribution in [2.24, 2.45) is 5.92 Å². The van der Waals surface area contributed by atoms with Gasteiger partial charge in [-0.25, -0.2) is 24.8 Å². The minimum absolute atomic E-state index is 0.0646. The lowest BCUT2D eigenvalue weighted by Crippen LogP contribution is -2.54. The van der Waals surface area contributed by atoms with E-state index in [0.717, 1.165) is 62.7 Å². The van der Waals surface area contributed by atoms with Gasteiger partial charge in [0, 0.05) is 16.6 Å². The number of hydrazine groups is 1. The Labute approximate surface area is 217 Å². The summed E-state index contributed by atoms with van der Waals surface area (Å²) in [5.41, 5.74) is 5.03. The van der Waals surface area contributed by atoms with Crippen LogP contribution in [0.2, 0.25) is 0 Å². The quantitative estimate of drug-likeness (QED) is 0.325. The molecule has 1 N–H and O–H groups in total. The lowest BCUT2D eigenvalue weighted by atomic mass is 10.1. The number of hydrogen-bond acceptors (Lipinski definition) is 7. The molecule has 0 bridgehead atoms. The van der Waals surface area contributed by atoms with E-state index in [-0.39, 0.29) is 12.0 Å². The van der Waals surface area contributed by atoms with Crippen LogP contribution in [0.4, 0.5) is 4.79 Å². The van der Waals surface area contributed by atoms with Crippen molar-refractivity contribution in [1.29, 1.82) is 0 Å². The number of carbonyl (C=O) groups excluding carboxylic acids is 2. The third-order valence-electron chi connectivity index (χ3n) is 6.58. The van der Waals surface area contributed by atoms with E-state index in [1.807, 2.05) is 55.3 Å². The predicted molar refractivity (Wildman–Crippen MR) is 140 cm³/mol. The summed E-state index contributed by atoms with van der Waals surface area (Å²) < 4.78 is 6.00. The minimum atomic E-state index is -0.624. The molecular weight excluding hydrogens is 524 g/mol. The second-order valence-electron chi connectivity index (χ2n) is 9.25. The van der Waals surface area contributed by atoms with E-state index in [2.05, 4.69) is 25.9 Å². The fraction of sp³-hybridized carbons (Fsp3) is 0.346. The van der Waals surface area contributed by atoms with Crippen molar-refractivity contribution >= 4 is 50.4 Å². The first-order valence-electron chi connectivity index (χ1n) is 11.9. The van der Waals surface area contributed by atoms with Gasteiger partial charge >= 0.3 is 6.09 Å². The number of methoxy groups -OCH3 is 1. The largest absolute Gasteiger partial charge is 0.452 e. The highest BCUT2D eigenvalue weighted by atomic mass is 79.9. The van der Waals surface area contributed by atoms with Crippen LogP contribution >= 0.6 is 15.9 Å². The number of amides is 1. The van der Waals surface area contributed by atoms with Crippen LogP contribution in [0.25, 0.3) is 33.3 Å². The molecule has 5 rings (SSSR count). The third-order valence-corrected chi connectivity index (χ3v) is 7.08. The van der Waals surface area contributed by atoms with E-state index in [0.29, 0.717) is 6.54 Å². The number of aldehydes is 1. The molecule has 2 aromatic carbocycles. The van der Waals surface area contributed by atoms with Crippen molar-refractivity contribution in [3.05, 3.63) is 52.9 Å². The van der Waals surface area contributed by atoms with Gasteiger partial charge in [0.15, 0.2) is 0 Å². The SMILES string of the molecule is COC(=O)N([C@H](C=O)C(C)C)N1CCC[C@H]1c1nc2ccc(-c3cnc4cc(Br)ccc4n3)cc2[nH]1. The Morgan fingerprint density at radius 1 is 1.19 bits per heavy atom. The maximum atomic E-state index is 12.7. The number of nitrogens with zero attached hydrogens (tertiary/aromatic N) is 5. The second-order valence-corrected chi connectivity index (χ2v) is 10.2. The summed E-state index contributed by atoms with van der Waals surface area (Å²) in [6, 6.07) is 11.0. The fourth-order valence-corrected chi connectivity index (χ4v) is 5.09. The molecule has 0 unspecified atom stereocenters. The lowest BCUT2D eigenvalue weighted by Gasteiger charge is -2.39. The Balaban J connectivity index is 1.48. The number of imidazole rings is 1. The molecule has 2 atom stereocenters. The number of halogens is 1. The van der Waals surface area contributed by atoms with Crippen LogP contribution < -0.4 is 0 Å². The number of H-pyrrole nitrogens is 1. The Bertz CT molecular complexity index is 1440. The summed E-state index contributed by atoms with van der Waals surface area (Å²) in [4.78, 5) is 42.2. The number of aromatic nitrogens is 4. The number of carbonyl (C=O) groups is 2. The van der Waals surface area contributed by atoms with Gasteiger partial charge < -0.3 is 14.5 Å². The van der Waals surface area contributed by atoms with Crippen molar-refractivity contribution in [3.8, 4) is 11.3 Å². The smallest absolute Gasteiger partial charge is 0.424 e. The average Bonchev–Trinajstić information content (AvgIpc) is 3.52. The molecule has 10 heteroatoms. The normalized spacial score (nSPS) is 17.1. The van der Waals surface area contributed by atoms with Crippen LogP contribution in [-0.2, 0) is 9.53 Å². The molecule has 36 heavy (non-hydrogen) atoms. The Hall–Kier alpha value is -3.37. The highest BCUT2D eigenvalue weighted by Gasteiger charge is 2.40. The van der Waals surface area contributed by atoms with Crippen LogP contribution in [0.1, 0.15) is 38.6 Å². The zero-order valence-corrected chi connectivity index (χ0v) is 21.9. The van der Waals surface area contributed by atoms with Crippen molar-refractivity contribution in [2.45, 2.75) is 38.8 Å².